The summed E-state index contributed by atoms with van der Waals surface area (Å²) in [6.45, 7) is 3.78. The van der Waals surface area contributed by atoms with E-state index >= 15 is 0 Å². The van der Waals surface area contributed by atoms with Crippen LogP contribution in [0.2, 0.25) is 0 Å². The zero-order valence-electron chi connectivity index (χ0n) is 13.0. The van der Waals surface area contributed by atoms with E-state index in [-0.39, 0.29) is 35.8 Å². The molecule has 0 heterocycles. The third kappa shape index (κ3) is 17.6. The van der Waals surface area contributed by atoms with E-state index in [0.717, 1.165) is 5.56 Å². The molecule has 25 heavy (non-hydrogen) atoms. The highest BCUT2D eigenvalue weighted by Gasteiger charge is 2.10. The summed E-state index contributed by atoms with van der Waals surface area (Å²) in [4.78, 5) is 0. The van der Waals surface area contributed by atoms with Gasteiger partial charge in [0.2, 0.25) is 0 Å². The first kappa shape index (κ1) is 31.8. The van der Waals surface area contributed by atoms with Crippen LogP contribution in [-0.2, 0) is 30.3 Å². The first-order valence-corrected chi connectivity index (χ1v) is 7.15. The van der Waals surface area contributed by atoms with Crippen LogP contribution < -0.4 is 0 Å². The van der Waals surface area contributed by atoms with Gasteiger partial charge in [-0.15, -0.1) is 0 Å². The van der Waals surface area contributed by atoms with E-state index in [9.17, 15) is 0 Å². The SMILES string of the molecule is C.C.C.C.COCCOCC(COCc1ccccc1)OCCOC. The molecule has 1 aromatic carbocycles. The molecule has 0 aliphatic heterocycles. The maximum Gasteiger partial charge on any atom is 0.104 e. The lowest BCUT2D eigenvalue weighted by atomic mass is 10.2. The summed E-state index contributed by atoms with van der Waals surface area (Å²) in [7, 11) is 3.30. The molecular weight excluding hydrogens is 320 g/mol. The molecule has 0 bridgehead atoms. The standard InChI is InChI=1S/C16H26O5.4CH4/c1-17-8-10-19-13-16(21-11-9-18-2)14-20-12-15-6-4-3-5-7-15;;;;/h3-7,16H,8-14H2,1-2H3;4*1H4. The quantitative estimate of drug-likeness (QED) is 0.485. The molecular formula is C20H42O5. The zero-order chi connectivity index (χ0) is 15.2. The average Bonchev–Trinajstić information content (AvgIpc) is 2.52. The van der Waals surface area contributed by atoms with Crippen molar-refractivity contribution in [2.75, 3.05) is 53.9 Å². The number of ether oxygens (including phenoxy) is 5. The monoisotopic (exact) mass is 362 g/mol. The van der Waals surface area contributed by atoms with Crippen molar-refractivity contribution in [2.24, 2.45) is 0 Å². The van der Waals surface area contributed by atoms with E-state index in [4.69, 9.17) is 23.7 Å². The first-order chi connectivity index (χ1) is 10.4. The normalized spacial score (nSPS) is 10.5. The van der Waals surface area contributed by atoms with E-state index in [0.29, 0.717) is 46.2 Å². The molecule has 0 fully saturated rings. The fourth-order valence-electron chi connectivity index (χ4n) is 1.68. The van der Waals surface area contributed by atoms with Crippen LogP contribution in [0.1, 0.15) is 35.3 Å². The molecule has 0 aromatic heterocycles. The number of hydrogen-bond acceptors (Lipinski definition) is 5. The summed E-state index contributed by atoms with van der Waals surface area (Å²) in [6, 6.07) is 10.1. The van der Waals surface area contributed by atoms with Gasteiger partial charge in [0.15, 0.2) is 0 Å². The second-order valence-corrected chi connectivity index (χ2v) is 4.55. The molecule has 1 aromatic rings. The van der Waals surface area contributed by atoms with Crippen LogP contribution in [0.5, 0.6) is 0 Å². The van der Waals surface area contributed by atoms with Gasteiger partial charge in [0.05, 0.1) is 46.2 Å². The Bertz CT molecular complexity index is 332. The summed E-state index contributed by atoms with van der Waals surface area (Å²) >= 11 is 0. The van der Waals surface area contributed by atoms with Crippen molar-refractivity contribution < 1.29 is 23.7 Å². The van der Waals surface area contributed by atoms with Gasteiger partial charge < -0.3 is 23.7 Å². The van der Waals surface area contributed by atoms with Gasteiger partial charge in [-0.05, 0) is 5.56 Å². The highest BCUT2D eigenvalue weighted by molar-refractivity contribution is 5.13. The number of rotatable bonds is 13. The van der Waals surface area contributed by atoms with Crippen LogP contribution in [-0.4, -0.2) is 60.0 Å². The lowest BCUT2D eigenvalue weighted by Gasteiger charge is -2.18. The van der Waals surface area contributed by atoms with Crippen molar-refractivity contribution in [1.82, 2.24) is 0 Å². The van der Waals surface area contributed by atoms with Crippen LogP contribution in [0, 0.1) is 0 Å². The second-order valence-electron chi connectivity index (χ2n) is 4.55. The molecule has 0 aliphatic carbocycles. The average molecular weight is 363 g/mol. The van der Waals surface area contributed by atoms with Crippen LogP contribution in [0.15, 0.2) is 30.3 Å². The fourth-order valence-corrected chi connectivity index (χ4v) is 1.68. The summed E-state index contributed by atoms with van der Waals surface area (Å²) in [5, 5.41) is 0. The Hall–Kier alpha value is -0.980. The molecule has 0 radical (unpaired) electrons. The van der Waals surface area contributed by atoms with Gasteiger partial charge in [0.25, 0.3) is 0 Å². The summed E-state index contributed by atoms with van der Waals surface area (Å²) in [5.74, 6) is 0. The van der Waals surface area contributed by atoms with Crippen molar-refractivity contribution in [1.29, 1.82) is 0 Å². The van der Waals surface area contributed by atoms with Crippen molar-refractivity contribution >= 4 is 0 Å². The molecule has 5 heteroatoms. The topological polar surface area (TPSA) is 46.2 Å². The van der Waals surface area contributed by atoms with Crippen LogP contribution in [0.4, 0.5) is 0 Å². The molecule has 0 N–H and O–H groups in total. The van der Waals surface area contributed by atoms with Crippen LogP contribution in [0.3, 0.4) is 0 Å². The maximum absolute atomic E-state index is 5.69. The summed E-state index contributed by atoms with van der Waals surface area (Å²) in [6.07, 6.45) is -0.0966. The summed E-state index contributed by atoms with van der Waals surface area (Å²) in [5.41, 5.74) is 1.15. The van der Waals surface area contributed by atoms with Gasteiger partial charge in [-0.1, -0.05) is 60.0 Å². The predicted octanol–water partition coefficient (Wildman–Crippen LogP) is 4.44. The Morgan fingerprint density at radius 1 is 0.720 bits per heavy atom. The molecule has 1 atom stereocenters. The minimum absolute atomic E-state index is 0. The van der Waals surface area contributed by atoms with Gasteiger partial charge in [-0.2, -0.15) is 0 Å². The molecule has 1 unspecified atom stereocenters. The zero-order valence-corrected chi connectivity index (χ0v) is 13.0. The Labute approximate surface area is 156 Å². The van der Waals surface area contributed by atoms with E-state index in [1.54, 1.807) is 14.2 Å². The van der Waals surface area contributed by atoms with E-state index in [2.05, 4.69) is 0 Å². The van der Waals surface area contributed by atoms with Crippen molar-refractivity contribution in [3.8, 4) is 0 Å². The summed E-state index contributed by atoms with van der Waals surface area (Å²) < 4.78 is 26.8. The third-order valence-corrected chi connectivity index (χ3v) is 2.79. The highest BCUT2D eigenvalue weighted by Crippen LogP contribution is 2.03. The van der Waals surface area contributed by atoms with Crippen LogP contribution >= 0.6 is 0 Å². The van der Waals surface area contributed by atoms with Gasteiger partial charge in [-0.3, -0.25) is 0 Å². The Morgan fingerprint density at radius 2 is 1.28 bits per heavy atom. The first-order valence-electron chi connectivity index (χ1n) is 7.15. The van der Waals surface area contributed by atoms with Gasteiger partial charge >= 0.3 is 0 Å². The minimum atomic E-state index is -0.0966. The van der Waals surface area contributed by atoms with E-state index in [1.807, 2.05) is 30.3 Å². The molecule has 152 valence electrons. The Morgan fingerprint density at radius 3 is 1.88 bits per heavy atom. The highest BCUT2D eigenvalue weighted by atomic mass is 16.6. The van der Waals surface area contributed by atoms with Gasteiger partial charge in [-0.25, -0.2) is 0 Å². The van der Waals surface area contributed by atoms with Crippen molar-refractivity contribution in [2.45, 2.75) is 42.4 Å². The second kappa shape index (κ2) is 23.0. The van der Waals surface area contributed by atoms with E-state index < -0.39 is 0 Å². The Kier molecular flexibility index (Phi) is 29.2. The van der Waals surface area contributed by atoms with Gasteiger partial charge in [0.1, 0.15) is 6.10 Å². The Balaban J connectivity index is -0.000000551. The molecule has 0 spiro atoms. The smallest absolute Gasteiger partial charge is 0.104 e. The lowest BCUT2D eigenvalue weighted by molar-refractivity contribution is -0.0770. The third-order valence-electron chi connectivity index (χ3n) is 2.79. The molecule has 0 saturated carbocycles. The number of benzene rings is 1. The molecule has 0 aliphatic rings. The maximum atomic E-state index is 5.69. The lowest BCUT2D eigenvalue weighted by Crippen LogP contribution is -2.28. The van der Waals surface area contributed by atoms with Crippen molar-refractivity contribution in [3.63, 3.8) is 0 Å². The fraction of sp³-hybridized carbons (Fsp3) is 0.700. The van der Waals surface area contributed by atoms with Gasteiger partial charge in [0, 0.05) is 14.2 Å². The number of methoxy groups -OCH3 is 2. The van der Waals surface area contributed by atoms with Crippen LogP contribution in [0.25, 0.3) is 0 Å². The molecule has 0 amide bonds. The predicted molar refractivity (Wildman–Crippen MR) is 107 cm³/mol. The van der Waals surface area contributed by atoms with Crippen molar-refractivity contribution in [3.05, 3.63) is 35.9 Å². The van der Waals surface area contributed by atoms with E-state index in [1.165, 1.54) is 0 Å². The molecule has 5 nitrogen and oxygen atoms in total. The molecule has 1 rings (SSSR count). The minimum Gasteiger partial charge on any atom is -0.382 e. The number of hydrogen-bond donors (Lipinski definition) is 0. The largest absolute Gasteiger partial charge is 0.382 e. The molecule has 0 saturated heterocycles.